The quantitative estimate of drug-likeness (QED) is 0.326. The van der Waals surface area contributed by atoms with Crippen molar-refractivity contribution < 1.29 is 41.0 Å². The van der Waals surface area contributed by atoms with Gasteiger partial charge in [-0.15, -0.1) is 0 Å². The number of carbonyl (C=O) groups is 2. The number of nitrogens with two attached hydrogens (primary N) is 1. The van der Waals surface area contributed by atoms with Gasteiger partial charge in [0.05, 0.1) is 30.7 Å². The van der Waals surface area contributed by atoms with Crippen LogP contribution in [-0.4, -0.2) is 42.2 Å². The molecular weight excluding hydrogens is 573 g/mol. The van der Waals surface area contributed by atoms with Gasteiger partial charge in [-0.2, -0.15) is 13.2 Å². The fourth-order valence-electron chi connectivity index (χ4n) is 5.89. The number of ether oxygens (including phenoxy) is 2. The normalized spacial score (nSPS) is 23.3. The molecule has 12 heteroatoms. The summed E-state index contributed by atoms with van der Waals surface area (Å²) in [6.45, 7) is 1.26. The summed E-state index contributed by atoms with van der Waals surface area (Å²) >= 11 is 0. The summed E-state index contributed by atoms with van der Waals surface area (Å²) < 4.78 is 84.0. The molecular formula is C31H30F5N3O4. The Morgan fingerprint density at radius 3 is 2.47 bits per heavy atom. The van der Waals surface area contributed by atoms with E-state index in [-0.39, 0.29) is 24.3 Å². The van der Waals surface area contributed by atoms with Gasteiger partial charge < -0.3 is 20.1 Å². The van der Waals surface area contributed by atoms with Crippen LogP contribution < -0.4 is 15.8 Å². The molecule has 2 fully saturated rings. The molecule has 7 nitrogen and oxygen atoms in total. The molecule has 4 atom stereocenters. The van der Waals surface area contributed by atoms with Crippen LogP contribution in [0.1, 0.15) is 48.1 Å². The molecule has 3 aromatic rings. The summed E-state index contributed by atoms with van der Waals surface area (Å²) in [5.41, 5.74) is 3.04. The van der Waals surface area contributed by atoms with E-state index in [9.17, 15) is 27.2 Å². The molecule has 0 aliphatic carbocycles. The number of hydrogen-bond donors (Lipinski definition) is 2. The van der Waals surface area contributed by atoms with E-state index in [1.165, 1.54) is 25.1 Å². The zero-order chi connectivity index (χ0) is 30.9. The van der Waals surface area contributed by atoms with Crippen LogP contribution >= 0.6 is 0 Å². The van der Waals surface area contributed by atoms with Gasteiger partial charge >= 0.3 is 12.2 Å². The summed E-state index contributed by atoms with van der Waals surface area (Å²) in [5, 5.41) is 2.19. The Kier molecular flexibility index (Phi) is 8.44. The summed E-state index contributed by atoms with van der Waals surface area (Å²) in [5.74, 6) is -3.11. The van der Waals surface area contributed by atoms with Crippen LogP contribution in [0.3, 0.4) is 0 Å². The number of benzene rings is 3. The Bertz CT molecular complexity index is 1500. The first-order valence-corrected chi connectivity index (χ1v) is 13.7. The highest BCUT2D eigenvalue weighted by Crippen LogP contribution is 2.45. The maximum absolute atomic E-state index is 16.4. The van der Waals surface area contributed by atoms with Gasteiger partial charge in [-0.1, -0.05) is 48.5 Å². The lowest BCUT2D eigenvalue weighted by molar-refractivity contribution is -0.139. The molecule has 2 saturated heterocycles. The minimum Gasteiger partial charge on any atom is -0.485 e. The number of urea groups is 1. The van der Waals surface area contributed by atoms with Crippen molar-refractivity contribution in [2.75, 3.05) is 13.2 Å². The molecule has 3 aromatic carbocycles. The Morgan fingerprint density at radius 1 is 1.07 bits per heavy atom. The number of rotatable bonds is 8. The van der Waals surface area contributed by atoms with Crippen molar-refractivity contribution in [3.05, 3.63) is 101 Å². The van der Waals surface area contributed by atoms with Crippen molar-refractivity contribution >= 4 is 11.9 Å². The zero-order valence-electron chi connectivity index (χ0n) is 23.2. The lowest BCUT2D eigenvalue weighted by Crippen LogP contribution is -2.67. The molecule has 3 N–H and O–H groups in total. The predicted molar refractivity (Wildman–Crippen MR) is 146 cm³/mol. The second-order valence-corrected chi connectivity index (χ2v) is 10.7. The Hall–Kier alpha value is -4.03. The molecule has 5 rings (SSSR count). The van der Waals surface area contributed by atoms with Crippen molar-refractivity contribution in [1.82, 2.24) is 10.2 Å². The number of nitrogens with one attached hydrogen (secondary N) is 1. The maximum Gasteiger partial charge on any atom is 0.416 e. The van der Waals surface area contributed by atoms with Gasteiger partial charge in [0.1, 0.15) is 11.9 Å². The summed E-state index contributed by atoms with van der Waals surface area (Å²) in [6, 6.07) is 12.2. The molecule has 0 radical (unpaired) electrons. The summed E-state index contributed by atoms with van der Waals surface area (Å²) in [7, 11) is 0. The van der Waals surface area contributed by atoms with Crippen LogP contribution in [0, 0.1) is 11.6 Å². The molecule has 3 amide bonds. The molecule has 0 spiro atoms. The lowest BCUT2D eigenvalue weighted by atomic mass is 9.67. The van der Waals surface area contributed by atoms with Crippen molar-refractivity contribution in [1.29, 1.82) is 0 Å². The van der Waals surface area contributed by atoms with Gasteiger partial charge in [0.2, 0.25) is 5.91 Å². The van der Waals surface area contributed by atoms with E-state index in [4.69, 9.17) is 15.2 Å². The third-order valence-electron chi connectivity index (χ3n) is 8.21. The van der Waals surface area contributed by atoms with Crippen LogP contribution in [0.4, 0.5) is 26.7 Å². The summed E-state index contributed by atoms with van der Waals surface area (Å²) in [4.78, 5) is 28.0. The lowest BCUT2D eigenvalue weighted by Gasteiger charge is -2.48. The Labute approximate surface area is 244 Å². The number of alkyl halides is 3. The molecule has 2 heterocycles. The van der Waals surface area contributed by atoms with Gasteiger partial charge in [0, 0.05) is 29.6 Å². The van der Waals surface area contributed by atoms with E-state index in [0.29, 0.717) is 24.7 Å². The highest BCUT2D eigenvalue weighted by molar-refractivity contribution is 6.03. The minimum absolute atomic E-state index is 0.155. The Morgan fingerprint density at radius 2 is 1.79 bits per heavy atom. The molecule has 228 valence electrons. The van der Waals surface area contributed by atoms with Crippen molar-refractivity contribution in [2.24, 2.45) is 5.73 Å². The first-order chi connectivity index (χ1) is 20.4. The number of hydrogen-bond acceptors (Lipinski definition) is 5. The Balaban J connectivity index is 1.63. The molecule has 2 aliphatic heterocycles. The molecule has 0 aromatic heterocycles. The summed E-state index contributed by atoms with van der Waals surface area (Å²) in [6.07, 6.45) is -5.07. The van der Waals surface area contributed by atoms with Crippen LogP contribution in [-0.2, 0) is 27.7 Å². The largest absolute Gasteiger partial charge is 0.485 e. The average Bonchev–Trinajstić information content (AvgIpc) is 3.48. The van der Waals surface area contributed by atoms with Gasteiger partial charge in [0.15, 0.2) is 11.6 Å². The molecule has 2 unspecified atom stereocenters. The number of amides is 3. The maximum atomic E-state index is 16.4. The fourth-order valence-corrected chi connectivity index (χ4v) is 5.89. The standard InChI is InChI=1S/C31H30F5N3O4/c1-18-30(15-25(37)19-7-3-2-4-8-19,23-10-6-12-26(27(23)33)43-20-13-14-42-17-20)28(40)38-29(41)39(18)16-21-22(31(34,35)36)9-5-11-24(21)32/h2-12,18,20,25H,13-17,37H2,1H3,(H,38,40,41)/t18?,20-,25+,30?/m0/s1. The van der Waals surface area contributed by atoms with E-state index in [2.05, 4.69) is 5.32 Å². The second-order valence-electron chi connectivity index (χ2n) is 10.7. The predicted octanol–water partition coefficient (Wildman–Crippen LogP) is 5.62. The first-order valence-electron chi connectivity index (χ1n) is 13.7. The number of halogens is 5. The van der Waals surface area contributed by atoms with E-state index in [0.717, 1.165) is 17.0 Å². The van der Waals surface area contributed by atoms with Crippen molar-refractivity contribution in [3.8, 4) is 5.75 Å². The SMILES string of the molecule is CC1N(Cc2c(F)cccc2C(F)(F)F)C(=O)NC(=O)C1(C[C@@H](N)c1ccccc1)c1cccc(O[C@H]2CCOC2)c1F. The van der Waals surface area contributed by atoms with Crippen LogP contribution in [0.5, 0.6) is 5.75 Å². The average molecular weight is 604 g/mol. The van der Waals surface area contributed by atoms with Crippen molar-refractivity contribution in [3.63, 3.8) is 0 Å². The molecule has 0 bridgehead atoms. The topological polar surface area (TPSA) is 93.9 Å². The van der Waals surface area contributed by atoms with Gasteiger partial charge in [-0.3, -0.25) is 10.1 Å². The van der Waals surface area contributed by atoms with Crippen molar-refractivity contribution in [2.45, 2.75) is 56.1 Å². The minimum atomic E-state index is -4.92. The molecule has 43 heavy (non-hydrogen) atoms. The highest BCUT2D eigenvalue weighted by atomic mass is 19.4. The van der Waals surface area contributed by atoms with Crippen LogP contribution in [0.25, 0.3) is 0 Å². The van der Waals surface area contributed by atoms with E-state index >= 15 is 4.39 Å². The monoisotopic (exact) mass is 603 g/mol. The third kappa shape index (κ3) is 5.81. The van der Waals surface area contributed by atoms with E-state index < -0.39 is 71.0 Å². The van der Waals surface area contributed by atoms with Gasteiger partial charge in [-0.25, -0.2) is 13.6 Å². The van der Waals surface area contributed by atoms with Crippen LogP contribution in [0.15, 0.2) is 66.7 Å². The van der Waals surface area contributed by atoms with Gasteiger partial charge in [-0.05, 0) is 37.1 Å². The number of carbonyl (C=O) groups excluding carboxylic acids is 2. The molecule has 0 saturated carbocycles. The highest BCUT2D eigenvalue weighted by Gasteiger charge is 2.55. The molecule has 2 aliphatic rings. The van der Waals surface area contributed by atoms with E-state index in [1.54, 1.807) is 30.3 Å². The fraction of sp³-hybridized carbons (Fsp3) is 0.355. The zero-order valence-corrected chi connectivity index (χ0v) is 23.2. The number of nitrogens with zero attached hydrogens (tertiary/aromatic N) is 1. The second kappa shape index (κ2) is 11.9. The van der Waals surface area contributed by atoms with E-state index in [1.807, 2.05) is 0 Å². The third-order valence-corrected chi connectivity index (χ3v) is 8.21. The smallest absolute Gasteiger partial charge is 0.416 e. The van der Waals surface area contributed by atoms with Gasteiger partial charge in [0.25, 0.3) is 0 Å². The number of imide groups is 1. The first kappa shape index (κ1) is 30.4. The van der Waals surface area contributed by atoms with Crippen LogP contribution in [0.2, 0.25) is 0 Å².